The molecule has 2 rings (SSSR count). The van der Waals surface area contributed by atoms with E-state index in [4.69, 9.17) is 5.73 Å². The number of allylic oxidation sites excluding steroid dienone is 1. The second-order valence-corrected chi connectivity index (χ2v) is 8.00. The van der Waals surface area contributed by atoms with Crippen molar-refractivity contribution < 1.29 is 4.39 Å². The zero-order valence-electron chi connectivity index (χ0n) is 18.5. The Kier molecular flexibility index (Phi) is 9.14. The Bertz CT molecular complexity index is 685. The molecule has 1 aliphatic rings. The maximum Gasteiger partial charge on any atom is 0.123 e. The number of hydrazine groups is 1. The zero-order chi connectivity index (χ0) is 21.4. The maximum absolute atomic E-state index is 13.1. The summed E-state index contributed by atoms with van der Waals surface area (Å²) >= 11 is 0. The minimum atomic E-state index is -0.209. The second kappa shape index (κ2) is 11.3. The van der Waals surface area contributed by atoms with E-state index in [0.717, 1.165) is 56.7 Å². The average Bonchev–Trinajstić information content (AvgIpc) is 2.69. The summed E-state index contributed by atoms with van der Waals surface area (Å²) in [7, 11) is 2.04. The first kappa shape index (κ1) is 23.4. The first-order valence-electron chi connectivity index (χ1n) is 10.7. The largest absolute Gasteiger partial charge is 0.370 e. The van der Waals surface area contributed by atoms with Crippen molar-refractivity contribution in [3.63, 3.8) is 0 Å². The van der Waals surface area contributed by atoms with Gasteiger partial charge in [0.1, 0.15) is 5.82 Å². The van der Waals surface area contributed by atoms with Crippen molar-refractivity contribution in [3.05, 3.63) is 59.2 Å². The number of nitrogens with two attached hydrogens (primary N) is 1. The molecule has 1 saturated heterocycles. The maximum atomic E-state index is 13.1. The number of halogens is 1. The van der Waals surface area contributed by atoms with Crippen molar-refractivity contribution in [1.82, 2.24) is 20.2 Å². The Hall–Kier alpha value is -1.89. The quantitative estimate of drug-likeness (QED) is 0.584. The van der Waals surface area contributed by atoms with Gasteiger partial charge in [-0.3, -0.25) is 5.43 Å². The Morgan fingerprint density at radius 3 is 2.59 bits per heavy atom. The Morgan fingerprint density at radius 2 is 1.97 bits per heavy atom. The highest BCUT2D eigenvalue weighted by Crippen LogP contribution is 2.23. The van der Waals surface area contributed by atoms with Gasteiger partial charge in [0.05, 0.1) is 25.8 Å². The van der Waals surface area contributed by atoms with E-state index in [0.29, 0.717) is 6.54 Å². The van der Waals surface area contributed by atoms with Crippen LogP contribution >= 0.6 is 0 Å². The third-order valence-electron chi connectivity index (χ3n) is 5.42. The van der Waals surface area contributed by atoms with Crippen LogP contribution in [0.1, 0.15) is 45.6 Å². The van der Waals surface area contributed by atoms with Crippen LogP contribution in [-0.4, -0.2) is 54.2 Å². The van der Waals surface area contributed by atoms with Crippen LogP contribution in [0.15, 0.2) is 47.8 Å². The lowest BCUT2D eigenvalue weighted by molar-refractivity contribution is 0.126. The third-order valence-corrected chi connectivity index (χ3v) is 5.42. The fraction of sp³-hybridized carbons (Fsp3) is 0.565. The van der Waals surface area contributed by atoms with Gasteiger partial charge in [-0.05, 0) is 37.5 Å². The van der Waals surface area contributed by atoms with Crippen LogP contribution in [0.5, 0.6) is 0 Å². The summed E-state index contributed by atoms with van der Waals surface area (Å²) in [6.07, 6.45) is 3.21. The minimum absolute atomic E-state index is 0.0423. The normalized spacial score (nSPS) is 18.4. The lowest BCUT2D eigenvalue weighted by Gasteiger charge is -2.45. The van der Waals surface area contributed by atoms with Gasteiger partial charge >= 0.3 is 0 Å². The molecular formula is C23H38FN5. The van der Waals surface area contributed by atoms with Crippen molar-refractivity contribution in [2.24, 2.45) is 5.73 Å². The molecule has 1 aromatic rings. The molecule has 0 amide bonds. The topological polar surface area (TPSA) is 47.8 Å². The third kappa shape index (κ3) is 6.84. The van der Waals surface area contributed by atoms with Gasteiger partial charge in [0.15, 0.2) is 0 Å². The predicted octanol–water partition coefficient (Wildman–Crippen LogP) is 3.66. The van der Waals surface area contributed by atoms with Gasteiger partial charge in [-0.15, -0.1) is 0 Å². The van der Waals surface area contributed by atoms with E-state index in [9.17, 15) is 4.39 Å². The molecule has 6 heteroatoms. The molecule has 1 fully saturated rings. The van der Waals surface area contributed by atoms with Crippen LogP contribution in [0.4, 0.5) is 4.39 Å². The fourth-order valence-corrected chi connectivity index (χ4v) is 3.78. The van der Waals surface area contributed by atoms with Gasteiger partial charge in [-0.25, -0.2) is 9.40 Å². The molecule has 1 unspecified atom stereocenters. The van der Waals surface area contributed by atoms with Gasteiger partial charge in [0.2, 0.25) is 0 Å². The van der Waals surface area contributed by atoms with Crippen molar-refractivity contribution in [1.29, 1.82) is 0 Å². The summed E-state index contributed by atoms with van der Waals surface area (Å²) in [4.78, 5) is 4.62. The monoisotopic (exact) mass is 403 g/mol. The number of nitrogens with one attached hydrogen (secondary N) is 1. The van der Waals surface area contributed by atoms with Crippen LogP contribution < -0.4 is 11.2 Å². The number of benzene rings is 1. The number of hydrogen-bond donors (Lipinski definition) is 2. The van der Waals surface area contributed by atoms with Crippen molar-refractivity contribution in [3.8, 4) is 0 Å². The van der Waals surface area contributed by atoms with Crippen molar-refractivity contribution in [2.75, 3.05) is 33.2 Å². The summed E-state index contributed by atoms with van der Waals surface area (Å²) in [5, 5.41) is 2.09. The second-order valence-electron chi connectivity index (χ2n) is 8.00. The van der Waals surface area contributed by atoms with Gasteiger partial charge in [0, 0.05) is 31.5 Å². The zero-order valence-corrected chi connectivity index (χ0v) is 18.5. The van der Waals surface area contributed by atoms with Gasteiger partial charge in [-0.2, -0.15) is 0 Å². The number of rotatable bonds is 10. The van der Waals surface area contributed by atoms with Crippen LogP contribution in [0.25, 0.3) is 0 Å². The molecule has 1 aliphatic heterocycles. The number of hydrogen-bond acceptors (Lipinski definition) is 5. The Balaban J connectivity index is 2.07. The predicted molar refractivity (Wildman–Crippen MR) is 119 cm³/mol. The molecule has 0 radical (unpaired) electrons. The molecule has 3 N–H and O–H groups in total. The number of nitrogens with zero attached hydrogens (tertiary/aromatic N) is 3. The first-order valence-corrected chi connectivity index (χ1v) is 10.7. The van der Waals surface area contributed by atoms with Gasteiger partial charge in [-0.1, -0.05) is 44.6 Å². The fourth-order valence-electron chi connectivity index (χ4n) is 3.78. The molecular weight excluding hydrogens is 365 g/mol. The molecule has 0 saturated carbocycles. The molecule has 0 aromatic heterocycles. The summed E-state index contributed by atoms with van der Waals surface area (Å²) in [5.41, 5.74) is 14.8. The molecule has 0 aliphatic carbocycles. The summed E-state index contributed by atoms with van der Waals surface area (Å²) in [5.74, 6) is -0.209. The standard InChI is InChI=1S/C23H38FN5/c1-6-8-18(3)22(29-15-19(4)28(13-7-2)17-23(29)25)16-27(5)26-14-20-9-11-21(24)12-10-20/h9-12,23,26H,4,6-8,13-17,25H2,1-3,5H3/b22-18+. The van der Waals surface area contributed by atoms with Crippen LogP contribution in [0.3, 0.4) is 0 Å². The van der Waals surface area contributed by atoms with E-state index in [-0.39, 0.29) is 12.0 Å². The summed E-state index contributed by atoms with van der Waals surface area (Å²) in [6, 6.07) is 6.60. The van der Waals surface area contributed by atoms with Crippen molar-refractivity contribution >= 4 is 0 Å². The Morgan fingerprint density at radius 1 is 1.28 bits per heavy atom. The van der Waals surface area contributed by atoms with Gasteiger partial charge < -0.3 is 15.5 Å². The smallest absolute Gasteiger partial charge is 0.123 e. The van der Waals surface area contributed by atoms with E-state index in [1.54, 1.807) is 0 Å². The summed E-state index contributed by atoms with van der Waals surface area (Å²) in [6.45, 7) is 14.9. The lowest BCUT2D eigenvalue weighted by atomic mass is 10.1. The summed E-state index contributed by atoms with van der Waals surface area (Å²) < 4.78 is 13.1. The molecule has 162 valence electrons. The Labute approximate surface area is 176 Å². The van der Waals surface area contributed by atoms with Crippen LogP contribution in [0.2, 0.25) is 0 Å². The highest BCUT2D eigenvalue weighted by atomic mass is 19.1. The van der Waals surface area contributed by atoms with Crippen LogP contribution in [-0.2, 0) is 6.54 Å². The van der Waals surface area contributed by atoms with Crippen LogP contribution in [0, 0.1) is 5.82 Å². The molecule has 29 heavy (non-hydrogen) atoms. The highest BCUT2D eigenvalue weighted by molar-refractivity contribution is 5.19. The molecule has 5 nitrogen and oxygen atoms in total. The van der Waals surface area contributed by atoms with Gasteiger partial charge in [0.25, 0.3) is 0 Å². The van der Waals surface area contributed by atoms with E-state index in [1.165, 1.54) is 23.4 Å². The molecule has 0 bridgehead atoms. The average molecular weight is 404 g/mol. The van der Waals surface area contributed by atoms with E-state index in [1.807, 2.05) is 19.2 Å². The lowest BCUT2D eigenvalue weighted by Crippen LogP contribution is -2.56. The van der Waals surface area contributed by atoms with E-state index in [2.05, 4.69) is 47.6 Å². The molecule has 1 atom stereocenters. The highest BCUT2D eigenvalue weighted by Gasteiger charge is 2.28. The molecule has 1 aromatic carbocycles. The first-order chi connectivity index (χ1) is 13.8. The van der Waals surface area contributed by atoms with E-state index < -0.39 is 0 Å². The number of likely N-dealkylation sites (N-methyl/N-ethyl adjacent to an activating group) is 1. The number of piperazine rings is 1. The van der Waals surface area contributed by atoms with E-state index >= 15 is 0 Å². The molecule has 0 spiro atoms. The van der Waals surface area contributed by atoms with Crippen molar-refractivity contribution in [2.45, 2.75) is 52.7 Å². The SMILES string of the molecule is C=C1CN(/C(CN(C)NCc2ccc(F)cc2)=C(\C)CCC)C(N)CN1CCC. The minimum Gasteiger partial charge on any atom is -0.370 e. The molecule has 1 heterocycles.